The number of unbranched alkanes of at least 4 members (excludes halogenated alkanes) is 46. The number of aliphatic hydroxyl groups excluding tert-OH is 1. The number of carbonyl (C=O) groups excluding carboxylic acids is 4. The molecule has 3 N–H and O–H groups in total. The van der Waals surface area contributed by atoms with E-state index in [4.69, 9.17) is 37.0 Å². The van der Waals surface area contributed by atoms with Gasteiger partial charge in [-0.25, -0.2) is 9.13 Å². The fraction of sp³-hybridized carbons (Fsp3) is 0.947. The van der Waals surface area contributed by atoms with E-state index < -0.39 is 97.5 Å². The smallest absolute Gasteiger partial charge is 0.462 e. The van der Waals surface area contributed by atoms with Crippen molar-refractivity contribution in [3.63, 3.8) is 0 Å². The summed E-state index contributed by atoms with van der Waals surface area (Å²) in [6.45, 7) is 7.26. The SMILES string of the molecule is CCCCCCCCCCCCCCCCCCCCCCCCC(=O)O[C@H](COC(=O)CCCCCCCCCCC(C)CC)COP(=O)(O)OC[C@@H](O)COP(=O)(O)OC[C@@H](COC(=O)CCCCCCCCCCCC)OC(=O)CCCCCCCCCCCC. The Morgan fingerprint density at radius 3 is 0.755 bits per heavy atom. The van der Waals surface area contributed by atoms with E-state index in [2.05, 4.69) is 34.6 Å². The van der Waals surface area contributed by atoms with Gasteiger partial charge in [-0.2, -0.15) is 0 Å². The zero-order valence-corrected chi connectivity index (χ0v) is 62.9. The fourth-order valence-electron chi connectivity index (χ4n) is 11.5. The third-order valence-electron chi connectivity index (χ3n) is 17.9. The Kier molecular flexibility index (Phi) is 66.8. The molecule has 19 heteroatoms. The Morgan fingerprint density at radius 1 is 0.298 bits per heavy atom. The molecule has 0 saturated carbocycles. The van der Waals surface area contributed by atoms with Crippen LogP contribution in [0.25, 0.3) is 0 Å². The van der Waals surface area contributed by atoms with Crippen LogP contribution < -0.4 is 0 Å². The van der Waals surface area contributed by atoms with Crippen molar-refractivity contribution >= 4 is 39.5 Å². The molecule has 3 unspecified atom stereocenters. The third-order valence-corrected chi connectivity index (χ3v) is 19.8. The molecule has 0 aliphatic rings. The predicted molar refractivity (Wildman–Crippen MR) is 382 cm³/mol. The summed E-state index contributed by atoms with van der Waals surface area (Å²) in [6.07, 6.45) is 57.0. The standard InChI is InChI=1S/C75H146O17P2/c1-6-10-13-16-19-22-25-26-27-28-29-30-31-32-33-34-35-36-39-46-51-56-61-75(80)92-71(65-86-73(78)59-54-49-44-41-40-42-47-52-57-68(5)9-4)67-90-94(83,84)88-63-69(76)62-87-93(81,82)89-66-70(91-74(79)60-55-50-45-38-24-21-18-15-12-8-3)64-85-72(77)58-53-48-43-37-23-20-17-14-11-7-2/h68-71,76H,6-67H2,1-5H3,(H,81,82)(H,83,84)/t68?,69-,70+,71+/m0/s1. The van der Waals surface area contributed by atoms with Gasteiger partial charge >= 0.3 is 39.5 Å². The van der Waals surface area contributed by atoms with Crippen molar-refractivity contribution in [2.75, 3.05) is 39.6 Å². The molecule has 0 aromatic rings. The van der Waals surface area contributed by atoms with Crippen LogP contribution in [0.4, 0.5) is 0 Å². The Bertz CT molecular complexity index is 1810. The van der Waals surface area contributed by atoms with Crippen LogP contribution in [0.3, 0.4) is 0 Å². The Labute approximate surface area is 575 Å². The van der Waals surface area contributed by atoms with Crippen LogP contribution in [0.15, 0.2) is 0 Å². The molecule has 0 aromatic carbocycles. The normalized spacial score (nSPS) is 14.3. The predicted octanol–water partition coefficient (Wildman–Crippen LogP) is 22.1. The van der Waals surface area contributed by atoms with Crippen molar-refractivity contribution in [2.45, 2.75) is 412 Å². The first kappa shape index (κ1) is 92.1. The summed E-state index contributed by atoms with van der Waals surface area (Å²) in [7, 11) is -9.90. The Hall–Kier alpha value is -1.94. The molecule has 0 saturated heterocycles. The molecule has 6 atom stereocenters. The number of phosphoric acid groups is 2. The van der Waals surface area contributed by atoms with E-state index in [-0.39, 0.29) is 25.7 Å². The summed E-state index contributed by atoms with van der Waals surface area (Å²) >= 11 is 0. The lowest BCUT2D eigenvalue weighted by Crippen LogP contribution is -2.30. The van der Waals surface area contributed by atoms with Gasteiger partial charge in [0.2, 0.25) is 0 Å². The van der Waals surface area contributed by atoms with Gasteiger partial charge in [0.25, 0.3) is 0 Å². The second-order valence-electron chi connectivity index (χ2n) is 27.3. The summed E-state index contributed by atoms with van der Waals surface area (Å²) in [5.41, 5.74) is 0. The first-order valence-corrected chi connectivity index (χ1v) is 42.2. The summed E-state index contributed by atoms with van der Waals surface area (Å²) < 4.78 is 68.4. The van der Waals surface area contributed by atoms with Crippen molar-refractivity contribution in [3.05, 3.63) is 0 Å². The number of esters is 4. The van der Waals surface area contributed by atoms with Crippen LogP contribution in [-0.2, 0) is 65.4 Å². The maximum absolute atomic E-state index is 13.1. The van der Waals surface area contributed by atoms with Crippen molar-refractivity contribution in [1.82, 2.24) is 0 Å². The van der Waals surface area contributed by atoms with Gasteiger partial charge in [-0.1, -0.05) is 343 Å². The summed E-state index contributed by atoms with van der Waals surface area (Å²) in [4.78, 5) is 72.6. The third kappa shape index (κ3) is 67.3. The first-order valence-electron chi connectivity index (χ1n) is 39.2. The zero-order valence-electron chi connectivity index (χ0n) is 61.1. The van der Waals surface area contributed by atoms with Gasteiger partial charge in [-0.15, -0.1) is 0 Å². The van der Waals surface area contributed by atoms with Crippen molar-refractivity contribution < 1.29 is 80.2 Å². The highest BCUT2D eigenvalue weighted by molar-refractivity contribution is 7.47. The number of hydrogen-bond donors (Lipinski definition) is 3. The summed E-state index contributed by atoms with van der Waals surface area (Å²) in [6, 6.07) is 0. The minimum absolute atomic E-state index is 0.107. The summed E-state index contributed by atoms with van der Waals surface area (Å²) in [5.74, 6) is -1.34. The molecule has 0 aliphatic heterocycles. The number of phosphoric ester groups is 2. The molecule has 0 bridgehead atoms. The van der Waals surface area contributed by atoms with Crippen LogP contribution in [-0.4, -0.2) is 96.7 Å². The van der Waals surface area contributed by atoms with Crippen molar-refractivity contribution in [3.8, 4) is 0 Å². The molecule has 0 heterocycles. The number of ether oxygens (including phenoxy) is 4. The lowest BCUT2D eigenvalue weighted by molar-refractivity contribution is -0.161. The van der Waals surface area contributed by atoms with Crippen molar-refractivity contribution in [1.29, 1.82) is 0 Å². The molecule has 94 heavy (non-hydrogen) atoms. The quantitative estimate of drug-likeness (QED) is 0.0222. The molecule has 0 rings (SSSR count). The second kappa shape index (κ2) is 68.2. The number of carbonyl (C=O) groups is 4. The minimum atomic E-state index is -4.95. The largest absolute Gasteiger partial charge is 0.472 e. The number of hydrogen-bond acceptors (Lipinski definition) is 15. The molecular formula is C75H146O17P2. The Morgan fingerprint density at radius 2 is 0.511 bits per heavy atom. The van der Waals surface area contributed by atoms with E-state index in [1.807, 2.05) is 0 Å². The zero-order chi connectivity index (χ0) is 69.1. The van der Waals surface area contributed by atoms with Gasteiger partial charge in [-0.3, -0.25) is 37.3 Å². The van der Waals surface area contributed by atoms with E-state index in [1.54, 1.807) is 0 Å². The molecular weight excluding hydrogens is 1230 g/mol. The fourth-order valence-corrected chi connectivity index (χ4v) is 13.1. The minimum Gasteiger partial charge on any atom is -0.462 e. The maximum atomic E-state index is 13.1. The van der Waals surface area contributed by atoms with Crippen LogP contribution in [0.5, 0.6) is 0 Å². The average molecular weight is 1380 g/mol. The van der Waals surface area contributed by atoms with Crippen LogP contribution in [0.1, 0.15) is 394 Å². The molecule has 17 nitrogen and oxygen atoms in total. The van der Waals surface area contributed by atoms with Crippen LogP contribution in [0.2, 0.25) is 0 Å². The van der Waals surface area contributed by atoms with Gasteiger partial charge in [0.15, 0.2) is 12.2 Å². The molecule has 0 fully saturated rings. The van der Waals surface area contributed by atoms with Crippen molar-refractivity contribution in [2.24, 2.45) is 5.92 Å². The molecule has 0 spiro atoms. The molecule has 0 radical (unpaired) electrons. The lowest BCUT2D eigenvalue weighted by Gasteiger charge is -2.21. The highest BCUT2D eigenvalue weighted by Crippen LogP contribution is 2.45. The van der Waals surface area contributed by atoms with Gasteiger partial charge < -0.3 is 33.8 Å². The lowest BCUT2D eigenvalue weighted by atomic mass is 9.99. The first-order chi connectivity index (χ1) is 45.6. The average Bonchev–Trinajstić information content (AvgIpc) is 2.72. The van der Waals surface area contributed by atoms with Gasteiger partial charge in [0.05, 0.1) is 26.4 Å². The van der Waals surface area contributed by atoms with Crippen LogP contribution >= 0.6 is 15.6 Å². The molecule has 0 amide bonds. The maximum Gasteiger partial charge on any atom is 0.472 e. The van der Waals surface area contributed by atoms with E-state index in [0.29, 0.717) is 25.7 Å². The molecule has 558 valence electrons. The second-order valence-corrected chi connectivity index (χ2v) is 30.2. The molecule has 0 aromatic heterocycles. The van der Waals surface area contributed by atoms with Gasteiger partial charge in [0, 0.05) is 25.7 Å². The highest BCUT2D eigenvalue weighted by atomic mass is 31.2. The number of aliphatic hydroxyl groups is 1. The van der Waals surface area contributed by atoms with E-state index >= 15 is 0 Å². The van der Waals surface area contributed by atoms with Gasteiger partial charge in [0.1, 0.15) is 19.3 Å². The van der Waals surface area contributed by atoms with Crippen LogP contribution in [0, 0.1) is 5.92 Å². The van der Waals surface area contributed by atoms with E-state index in [9.17, 15) is 43.2 Å². The summed E-state index contributed by atoms with van der Waals surface area (Å²) in [5, 5.41) is 10.6. The van der Waals surface area contributed by atoms with E-state index in [0.717, 1.165) is 95.8 Å². The molecule has 0 aliphatic carbocycles. The number of rotatable bonds is 75. The van der Waals surface area contributed by atoms with Gasteiger partial charge in [-0.05, 0) is 31.6 Å². The monoisotopic (exact) mass is 1380 g/mol. The highest BCUT2D eigenvalue weighted by Gasteiger charge is 2.30. The Balaban J connectivity index is 5.16. The topological polar surface area (TPSA) is 237 Å². The van der Waals surface area contributed by atoms with E-state index in [1.165, 1.54) is 218 Å².